The number of carboxylic acids is 1. The first-order chi connectivity index (χ1) is 11.6. The lowest BCUT2D eigenvalue weighted by molar-refractivity contribution is -0.164. The van der Waals surface area contributed by atoms with Gasteiger partial charge >= 0.3 is 5.97 Å². The standard InChI is InChI=1S/C20H25NO3/c1-2-10-20(19(23)24)11-12-21(14-18(20)22)13-16-8-5-7-15-6-3-4-9-17(15)16/h3-9,18,22H,2,10-14H2,1H3,(H,23,24)/t18-,20-/m0/s1. The number of fused-ring (bicyclic) bond motifs is 1. The Hall–Kier alpha value is -1.91. The van der Waals surface area contributed by atoms with Crippen LogP contribution in [0.1, 0.15) is 31.7 Å². The third kappa shape index (κ3) is 3.04. The van der Waals surface area contributed by atoms with Gasteiger partial charge in [0.05, 0.1) is 11.5 Å². The summed E-state index contributed by atoms with van der Waals surface area (Å²) in [6.45, 7) is 3.82. The van der Waals surface area contributed by atoms with Crippen LogP contribution in [0.4, 0.5) is 0 Å². The minimum Gasteiger partial charge on any atom is -0.481 e. The maximum Gasteiger partial charge on any atom is 0.312 e. The molecule has 1 fully saturated rings. The zero-order valence-corrected chi connectivity index (χ0v) is 14.1. The molecule has 0 saturated carbocycles. The van der Waals surface area contributed by atoms with E-state index in [1.54, 1.807) is 0 Å². The van der Waals surface area contributed by atoms with E-state index in [-0.39, 0.29) is 0 Å². The van der Waals surface area contributed by atoms with Gasteiger partial charge in [0, 0.05) is 13.1 Å². The lowest BCUT2D eigenvalue weighted by Gasteiger charge is -2.42. The highest BCUT2D eigenvalue weighted by Crippen LogP contribution is 2.37. The molecule has 2 aromatic carbocycles. The first-order valence-corrected chi connectivity index (χ1v) is 8.67. The lowest BCUT2D eigenvalue weighted by Crippen LogP contribution is -2.54. The number of hydrogen-bond donors (Lipinski definition) is 2. The van der Waals surface area contributed by atoms with E-state index in [0.29, 0.717) is 25.9 Å². The van der Waals surface area contributed by atoms with Crippen LogP contribution in [-0.2, 0) is 11.3 Å². The van der Waals surface area contributed by atoms with Gasteiger partial charge in [-0.3, -0.25) is 9.69 Å². The van der Waals surface area contributed by atoms with Crippen molar-refractivity contribution in [3.8, 4) is 0 Å². The Kier molecular flexibility index (Phi) is 4.88. The van der Waals surface area contributed by atoms with Crippen molar-refractivity contribution < 1.29 is 15.0 Å². The molecule has 0 aliphatic carbocycles. The summed E-state index contributed by atoms with van der Waals surface area (Å²) in [5, 5.41) is 22.6. The van der Waals surface area contributed by atoms with Crippen molar-refractivity contribution >= 4 is 16.7 Å². The van der Waals surface area contributed by atoms with Gasteiger partial charge in [-0.1, -0.05) is 55.8 Å². The Morgan fingerprint density at radius 1 is 1.25 bits per heavy atom. The molecule has 0 aromatic heterocycles. The van der Waals surface area contributed by atoms with Crippen LogP contribution >= 0.6 is 0 Å². The number of carboxylic acid groups (broad SMARTS) is 1. The van der Waals surface area contributed by atoms with Gasteiger partial charge in [0.25, 0.3) is 0 Å². The summed E-state index contributed by atoms with van der Waals surface area (Å²) >= 11 is 0. The normalized spacial score (nSPS) is 25.0. The van der Waals surface area contributed by atoms with E-state index in [9.17, 15) is 15.0 Å². The maximum atomic E-state index is 11.7. The van der Waals surface area contributed by atoms with Gasteiger partial charge in [-0.05, 0) is 35.7 Å². The molecule has 2 atom stereocenters. The number of piperidine rings is 1. The second-order valence-corrected chi connectivity index (χ2v) is 6.85. The topological polar surface area (TPSA) is 60.8 Å². The average molecular weight is 327 g/mol. The number of aliphatic hydroxyl groups excluding tert-OH is 1. The van der Waals surface area contributed by atoms with E-state index in [0.717, 1.165) is 13.0 Å². The fourth-order valence-corrected chi connectivity index (χ4v) is 3.94. The van der Waals surface area contributed by atoms with Gasteiger partial charge in [-0.15, -0.1) is 0 Å². The predicted molar refractivity (Wildman–Crippen MR) is 94.8 cm³/mol. The first kappa shape index (κ1) is 16.9. The summed E-state index contributed by atoms with van der Waals surface area (Å²) in [5.74, 6) is -0.860. The minimum atomic E-state index is -0.982. The highest BCUT2D eigenvalue weighted by molar-refractivity contribution is 5.85. The molecule has 1 aliphatic rings. The first-order valence-electron chi connectivity index (χ1n) is 8.67. The SMILES string of the molecule is CCC[C@]1(C(=O)O)CCN(Cc2cccc3ccccc23)C[C@@H]1O. The molecule has 0 unspecified atom stereocenters. The molecule has 1 aliphatic heterocycles. The summed E-state index contributed by atoms with van der Waals surface area (Å²) in [4.78, 5) is 13.9. The van der Waals surface area contributed by atoms with Gasteiger partial charge in [0.15, 0.2) is 0 Å². The summed E-state index contributed by atoms with van der Waals surface area (Å²) in [7, 11) is 0. The molecule has 128 valence electrons. The molecular formula is C20H25NO3. The van der Waals surface area contributed by atoms with Crippen LogP contribution in [0.15, 0.2) is 42.5 Å². The molecule has 24 heavy (non-hydrogen) atoms. The number of likely N-dealkylation sites (tertiary alicyclic amines) is 1. The third-order valence-corrected chi connectivity index (χ3v) is 5.34. The van der Waals surface area contributed by atoms with E-state index in [1.165, 1.54) is 16.3 Å². The Balaban J connectivity index is 1.77. The number of hydrogen-bond acceptors (Lipinski definition) is 3. The van der Waals surface area contributed by atoms with Crippen molar-refractivity contribution in [3.63, 3.8) is 0 Å². The maximum absolute atomic E-state index is 11.7. The monoisotopic (exact) mass is 327 g/mol. The van der Waals surface area contributed by atoms with E-state index in [2.05, 4.69) is 35.2 Å². The van der Waals surface area contributed by atoms with Crippen molar-refractivity contribution in [2.24, 2.45) is 5.41 Å². The molecule has 0 amide bonds. The van der Waals surface area contributed by atoms with Crippen LogP contribution < -0.4 is 0 Å². The van der Waals surface area contributed by atoms with Crippen molar-refractivity contribution in [2.75, 3.05) is 13.1 Å². The Labute approximate surface area is 142 Å². The van der Waals surface area contributed by atoms with Crippen LogP contribution in [-0.4, -0.2) is 40.3 Å². The van der Waals surface area contributed by atoms with Crippen LogP contribution in [0.3, 0.4) is 0 Å². The Morgan fingerprint density at radius 3 is 2.71 bits per heavy atom. The van der Waals surface area contributed by atoms with E-state index in [1.807, 2.05) is 19.1 Å². The number of aliphatic hydroxyl groups is 1. The average Bonchev–Trinajstić information content (AvgIpc) is 2.58. The number of rotatable bonds is 5. The molecule has 2 aromatic rings. The van der Waals surface area contributed by atoms with Crippen molar-refractivity contribution in [2.45, 2.75) is 38.8 Å². The quantitative estimate of drug-likeness (QED) is 0.885. The zero-order valence-electron chi connectivity index (χ0n) is 14.1. The van der Waals surface area contributed by atoms with E-state index >= 15 is 0 Å². The predicted octanol–water partition coefficient (Wildman–Crippen LogP) is 3.28. The molecule has 4 heteroatoms. The van der Waals surface area contributed by atoms with Crippen LogP contribution in [0.5, 0.6) is 0 Å². The van der Waals surface area contributed by atoms with Gasteiger partial charge < -0.3 is 10.2 Å². The van der Waals surface area contributed by atoms with Crippen LogP contribution in [0.25, 0.3) is 10.8 Å². The van der Waals surface area contributed by atoms with Crippen LogP contribution in [0, 0.1) is 5.41 Å². The molecular weight excluding hydrogens is 302 g/mol. The summed E-state index contributed by atoms with van der Waals surface area (Å²) in [5.41, 5.74) is 0.239. The molecule has 1 saturated heterocycles. The zero-order chi connectivity index (χ0) is 17.2. The summed E-state index contributed by atoms with van der Waals surface area (Å²) in [6, 6.07) is 14.5. The number of β-amino-alcohol motifs (C(OH)–C–C–N with tert-alkyl or cyclic N) is 1. The minimum absolute atomic E-state index is 0.412. The highest BCUT2D eigenvalue weighted by Gasteiger charge is 2.47. The van der Waals surface area contributed by atoms with Gasteiger partial charge in [0.2, 0.25) is 0 Å². The van der Waals surface area contributed by atoms with Crippen LogP contribution in [0.2, 0.25) is 0 Å². The molecule has 2 N–H and O–H groups in total. The second-order valence-electron chi connectivity index (χ2n) is 6.85. The van der Waals surface area contributed by atoms with Gasteiger partial charge in [-0.25, -0.2) is 0 Å². The number of carbonyl (C=O) groups is 1. The lowest BCUT2D eigenvalue weighted by atomic mass is 9.72. The van der Waals surface area contributed by atoms with Crippen molar-refractivity contribution in [1.29, 1.82) is 0 Å². The molecule has 0 radical (unpaired) electrons. The van der Waals surface area contributed by atoms with E-state index in [4.69, 9.17) is 0 Å². The van der Waals surface area contributed by atoms with Crippen molar-refractivity contribution in [3.05, 3.63) is 48.0 Å². The smallest absolute Gasteiger partial charge is 0.312 e. The third-order valence-electron chi connectivity index (χ3n) is 5.34. The summed E-state index contributed by atoms with van der Waals surface area (Å²) < 4.78 is 0. The van der Waals surface area contributed by atoms with E-state index < -0.39 is 17.5 Å². The summed E-state index contributed by atoms with van der Waals surface area (Å²) in [6.07, 6.45) is 0.985. The fraction of sp³-hybridized carbons (Fsp3) is 0.450. The fourth-order valence-electron chi connectivity index (χ4n) is 3.94. The number of nitrogens with zero attached hydrogens (tertiary/aromatic N) is 1. The number of benzene rings is 2. The molecule has 1 heterocycles. The van der Waals surface area contributed by atoms with Crippen molar-refractivity contribution in [1.82, 2.24) is 4.90 Å². The molecule has 3 rings (SSSR count). The molecule has 0 bridgehead atoms. The second kappa shape index (κ2) is 6.91. The highest BCUT2D eigenvalue weighted by atomic mass is 16.4. The van der Waals surface area contributed by atoms with Gasteiger partial charge in [0.1, 0.15) is 0 Å². The number of aliphatic carboxylic acids is 1. The Morgan fingerprint density at radius 2 is 2.00 bits per heavy atom. The van der Waals surface area contributed by atoms with Gasteiger partial charge in [-0.2, -0.15) is 0 Å². The Bertz CT molecular complexity index is 724. The molecule has 4 nitrogen and oxygen atoms in total. The largest absolute Gasteiger partial charge is 0.481 e. The molecule has 0 spiro atoms.